The highest BCUT2D eigenvalue weighted by Crippen LogP contribution is 2.36. The number of likely N-dealkylation sites (N-methyl/N-ethyl adjacent to an activating group) is 1. The first-order chi connectivity index (χ1) is 6.17. The number of carbonyl (C=O) groups is 1. The van der Waals surface area contributed by atoms with Gasteiger partial charge >= 0.3 is 5.97 Å². The summed E-state index contributed by atoms with van der Waals surface area (Å²) >= 11 is 1.82. The molecule has 1 aliphatic rings. The molecule has 1 fully saturated rings. The van der Waals surface area contributed by atoms with Crippen LogP contribution >= 0.6 is 11.8 Å². The van der Waals surface area contributed by atoms with Crippen molar-refractivity contribution in [3.8, 4) is 0 Å². The molecule has 1 saturated heterocycles. The molecule has 2 unspecified atom stereocenters. The maximum Gasteiger partial charge on any atom is 0.327 e. The van der Waals surface area contributed by atoms with Gasteiger partial charge in [-0.3, -0.25) is 4.79 Å². The lowest BCUT2D eigenvalue weighted by molar-refractivity contribution is -0.148. The third kappa shape index (κ3) is 1.83. The van der Waals surface area contributed by atoms with Crippen molar-refractivity contribution in [2.45, 2.75) is 31.1 Å². The minimum Gasteiger partial charge on any atom is -0.468 e. The molecule has 0 aromatic rings. The average Bonchev–Trinajstić information content (AvgIpc) is 2.48. The second-order valence-corrected chi connectivity index (χ2v) is 4.70. The van der Waals surface area contributed by atoms with Crippen molar-refractivity contribution in [1.29, 1.82) is 0 Å². The van der Waals surface area contributed by atoms with E-state index in [4.69, 9.17) is 4.74 Å². The topological polar surface area (TPSA) is 38.3 Å². The number of carbonyl (C=O) groups excluding carboxylic acids is 1. The van der Waals surface area contributed by atoms with E-state index < -0.39 is 5.54 Å². The maximum atomic E-state index is 11.6. The molecule has 76 valence electrons. The molecule has 2 atom stereocenters. The van der Waals surface area contributed by atoms with E-state index in [1.165, 1.54) is 7.11 Å². The van der Waals surface area contributed by atoms with Crippen LogP contribution in [-0.4, -0.2) is 36.2 Å². The lowest BCUT2D eigenvalue weighted by atomic mass is 9.93. The van der Waals surface area contributed by atoms with E-state index >= 15 is 0 Å². The summed E-state index contributed by atoms with van der Waals surface area (Å²) in [6.07, 6.45) is 0.874. The first-order valence-corrected chi connectivity index (χ1v) is 5.67. The molecule has 0 aromatic heterocycles. The van der Waals surface area contributed by atoms with Crippen molar-refractivity contribution in [2.75, 3.05) is 19.4 Å². The van der Waals surface area contributed by atoms with Crippen molar-refractivity contribution < 1.29 is 9.53 Å². The third-order valence-electron chi connectivity index (χ3n) is 2.60. The van der Waals surface area contributed by atoms with Crippen molar-refractivity contribution >= 4 is 17.7 Å². The Morgan fingerprint density at radius 2 is 2.46 bits per heavy atom. The number of rotatable bonds is 3. The zero-order valence-corrected chi connectivity index (χ0v) is 9.24. The van der Waals surface area contributed by atoms with Crippen LogP contribution in [0.2, 0.25) is 0 Å². The third-order valence-corrected chi connectivity index (χ3v) is 3.94. The van der Waals surface area contributed by atoms with Gasteiger partial charge in [-0.25, -0.2) is 0 Å². The molecule has 3 nitrogen and oxygen atoms in total. The molecular formula is C9H17NO2S. The van der Waals surface area contributed by atoms with E-state index in [9.17, 15) is 4.79 Å². The predicted octanol–water partition coefficient (Wildman–Crippen LogP) is 1.03. The van der Waals surface area contributed by atoms with Gasteiger partial charge in [0, 0.05) is 5.25 Å². The SMILES string of the molecule is CCNC1(C(=O)OC)CCSC1C. The monoisotopic (exact) mass is 203 g/mol. The predicted molar refractivity (Wildman–Crippen MR) is 55.0 cm³/mol. The zero-order chi connectivity index (χ0) is 9.90. The Labute approximate surface area is 83.6 Å². The molecule has 1 aliphatic heterocycles. The van der Waals surface area contributed by atoms with E-state index in [-0.39, 0.29) is 5.97 Å². The number of hydrogen-bond donors (Lipinski definition) is 1. The Balaban J connectivity index is 2.79. The first kappa shape index (κ1) is 10.9. The van der Waals surface area contributed by atoms with Crippen molar-refractivity contribution in [3.05, 3.63) is 0 Å². The van der Waals surface area contributed by atoms with Gasteiger partial charge in [0.2, 0.25) is 0 Å². The van der Waals surface area contributed by atoms with E-state index in [0.29, 0.717) is 5.25 Å². The largest absolute Gasteiger partial charge is 0.468 e. The molecule has 1 rings (SSSR count). The number of thioether (sulfide) groups is 1. The summed E-state index contributed by atoms with van der Waals surface area (Å²) in [5.41, 5.74) is -0.436. The lowest BCUT2D eigenvalue weighted by Crippen LogP contribution is -2.56. The molecule has 1 N–H and O–H groups in total. The van der Waals surface area contributed by atoms with Gasteiger partial charge in [0.25, 0.3) is 0 Å². The standard InChI is InChI=1S/C9H17NO2S/c1-4-10-9(8(11)12-3)5-6-13-7(9)2/h7,10H,4-6H2,1-3H3. The molecule has 0 aromatic carbocycles. The Kier molecular flexibility index (Phi) is 3.62. The minimum atomic E-state index is -0.436. The maximum absolute atomic E-state index is 11.6. The van der Waals surface area contributed by atoms with Crippen LogP contribution in [0.1, 0.15) is 20.3 Å². The number of methoxy groups -OCH3 is 1. The van der Waals surface area contributed by atoms with Crippen LogP contribution in [0, 0.1) is 0 Å². The van der Waals surface area contributed by atoms with Crippen LogP contribution in [-0.2, 0) is 9.53 Å². The van der Waals surface area contributed by atoms with Crippen molar-refractivity contribution in [2.24, 2.45) is 0 Å². The molecule has 1 heterocycles. The van der Waals surface area contributed by atoms with Gasteiger partial charge in [-0.15, -0.1) is 0 Å². The normalized spacial score (nSPS) is 33.3. The Morgan fingerprint density at radius 1 is 1.77 bits per heavy atom. The second kappa shape index (κ2) is 4.33. The fourth-order valence-corrected chi connectivity index (χ4v) is 3.19. The van der Waals surface area contributed by atoms with Gasteiger partial charge in [0.15, 0.2) is 0 Å². The highest BCUT2D eigenvalue weighted by Gasteiger charge is 2.47. The highest BCUT2D eigenvalue weighted by molar-refractivity contribution is 8.00. The molecule has 0 saturated carbocycles. The van der Waals surface area contributed by atoms with Gasteiger partial charge in [0.1, 0.15) is 5.54 Å². The van der Waals surface area contributed by atoms with Crippen LogP contribution in [0.3, 0.4) is 0 Å². The molecular weight excluding hydrogens is 186 g/mol. The van der Waals surface area contributed by atoms with Gasteiger partial charge in [0.05, 0.1) is 7.11 Å². The van der Waals surface area contributed by atoms with Gasteiger partial charge in [-0.05, 0) is 18.7 Å². The molecule has 0 aliphatic carbocycles. The quantitative estimate of drug-likeness (QED) is 0.695. The van der Waals surface area contributed by atoms with Crippen LogP contribution in [0.15, 0.2) is 0 Å². The molecule has 0 bridgehead atoms. The van der Waals surface area contributed by atoms with E-state index in [2.05, 4.69) is 12.2 Å². The molecule has 13 heavy (non-hydrogen) atoms. The highest BCUT2D eigenvalue weighted by atomic mass is 32.2. The summed E-state index contributed by atoms with van der Waals surface area (Å²) in [7, 11) is 1.46. The summed E-state index contributed by atoms with van der Waals surface area (Å²) in [6.45, 7) is 4.90. The summed E-state index contributed by atoms with van der Waals surface area (Å²) < 4.78 is 4.85. The number of esters is 1. The lowest BCUT2D eigenvalue weighted by Gasteiger charge is -2.30. The summed E-state index contributed by atoms with van der Waals surface area (Å²) in [5, 5.41) is 3.57. The Hall–Kier alpha value is -0.220. The molecule has 4 heteroatoms. The van der Waals surface area contributed by atoms with Gasteiger partial charge in [-0.2, -0.15) is 11.8 Å². The summed E-state index contributed by atoms with van der Waals surface area (Å²) in [4.78, 5) is 11.6. The van der Waals surface area contributed by atoms with Crippen molar-refractivity contribution in [3.63, 3.8) is 0 Å². The second-order valence-electron chi connectivity index (χ2n) is 3.26. The Morgan fingerprint density at radius 3 is 2.85 bits per heavy atom. The fraction of sp³-hybridized carbons (Fsp3) is 0.889. The number of ether oxygens (including phenoxy) is 1. The minimum absolute atomic E-state index is 0.119. The number of nitrogens with one attached hydrogen (secondary N) is 1. The smallest absolute Gasteiger partial charge is 0.327 e. The van der Waals surface area contributed by atoms with Crippen LogP contribution in [0.5, 0.6) is 0 Å². The Bertz CT molecular complexity index is 198. The first-order valence-electron chi connectivity index (χ1n) is 4.62. The van der Waals surface area contributed by atoms with Crippen LogP contribution in [0.4, 0.5) is 0 Å². The van der Waals surface area contributed by atoms with E-state index in [1.54, 1.807) is 0 Å². The number of hydrogen-bond acceptors (Lipinski definition) is 4. The van der Waals surface area contributed by atoms with E-state index in [1.807, 2.05) is 18.7 Å². The zero-order valence-electron chi connectivity index (χ0n) is 8.42. The summed E-state index contributed by atoms with van der Waals surface area (Å²) in [5.74, 6) is 0.912. The van der Waals surface area contributed by atoms with Crippen LogP contribution < -0.4 is 5.32 Å². The van der Waals surface area contributed by atoms with Crippen molar-refractivity contribution in [1.82, 2.24) is 5.32 Å². The molecule has 0 radical (unpaired) electrons. The molecule has 0 spiro atoms. The summed E-state index contributed by atoms with van der Waals surface area (Å²) in [6, 6.07) is 0. The average molecular weight is 203 g/mol. The van der Waals surface area contributed by atoms with E-state index in [0.717, 1.165) is 18.7 Å². The molecule has 0 amide bonds. The van der Waals surface area contributed by atoms with Gasteiger partial charge in [-0.1, -0.05) is 13.8 Å². The van der Waals surface area contributed by atoms with Crippen LogP contribution in [0.25, 0.3) is 0 Å². The van der Waals surface area contributed by atoms with Gasteiger partial charge < -0.3 is 10.1 Å². The fourth-order valence-electron chi connectivity index (χ4n) is 1.81.